The molecule has 30 heavy (non-hydrogen) atoms. The number of H-pyrrole nitrogens is 1. The second kappa shape index (κ2) is 9.08. The van der Waals surface area contributed by atoms with Crippen molar-refractivity contribution in [2.75, 3.05) is 6.54 Å². The molecule has 9 heteroatoms. The number of rotatable bonds is 3. The number of nitrogens with one attached hydrogen (secondary N) is 1. The minimum Gasteiger partial charge on any atom is -0.475 e. The number of aromatic nitrogens is 3. The van der Waals surface area contributed by atoms with Crippen LogP contribution in [0.1, 0.15) is 22.5 Å². The van der Waals surface area contributed by atoms with E-state index in [4.69, 9.17) is 9.90 Å². The fraction of sp³-hybridized carbons (Fsp3) is 0.286. The number of aryl methyl sites for hydroxylation is 1. The summed E-state index contributed by atoms with van der Waals surface area (Å²) in [7, 11) is 0. The highest BCUT2D eigenvalue weighted by Crippen LogP contribution is 2.23. The molecule has 0 spiro atoms. The summed E-state index contributed by atoms with van der Waals surface area (Å²) < 4.78 is 31.7. The minimum absolute atomic E-state index is 0.970. The first kappa shape index (κ1) is 21.5. The molecule has 1 aliphatic heterocycles. The van der Waals surface area contributed by atoms with Crippen LogP contribution in [0.15, 0.2) is 48.8 Å². The van der Waals surface area contributed by atoms with Gasteiger partial charge in [-0.05, 0) is 35.7 Å². The van der Waals surface area contributed by atoms with Gasteiger partial charge in [-0.3, -0.25) is 15.0 Å². The maximum Gasteiger partial charge on any atom is 0.490 e. The van der Waals surface area contributed by atoms with Crippen molar-refractivity contribution in [2.24, 2.45) is 0 Å². The standard InChI is InChI=1S/C19H20N4.C2HF3O2/c1-14-18-13-23(9-7-19(18)22-21-14)12-15-4-2-5-16(10-15)17-6-3-8-20-11-17;3-2(4,5)1(6)7/h2-6,8,10-11H,7,9,12-13H2,1H3,(H,21,22);(H,6,7). The van der Waals surface area contributed by atoms with Crippen molar-refractivity contribution in [1.82, 2.24) is 20.1 Å². The first-order valence-corrected chi connectivity index (χ1v) is 9.28. The quantitative estimate of drug-likeness (QED) is 0.673. The normalized spacial score (nSPS) is 13.9. The molecule has 0 unspecified atom stereocenters. The van der Waals surface area contributed by atoms with Crippen LogP contribution in [0.2, 0.25) is 0 Å². The molecular formula is C21H21F3N4O2. The molecule has 3 aromatic rings. The number of carboxylic acid groups (broad SMARTS) is 1. The molecule has 1 aromatic carbocycles. The van der Waals surface area contributed by atoms with Crippen molar-refractivity contribution < 1.29 is 23.1 Å². The van der Waals surface area contributed by atoms with Crippen molar-refractivity contribution in [3.05, 3.63) is 71.3 Å². The van der Waals surface area contributed by atoms with Gasteiger partial charge in [0.05, 0.1) is 5.69 Å². The average molecular weight is 418 g/mol. The van der Waals surface area contributed by atoms with E-state index in [1.165, 1.54) is 33.6 Å². The van der Waals surface area contributed by atoms with Crippen molar-refractivity contribution in [3.8, 4) is 11.1 Å². The smallest absolute Gasteiger partial charge is 0.475 e. The molecule has 0 saturated heterocycles. The van der Waals surface area contributed by atoms with Crippen LogP contribution in [0.25, 0.3) is 11.1 Å². The Balaban J connectivity index is 0.000000318. The molecule has 0 radical (unpaired) electrons. The van der Waals surface area contributed by atoms with E-state index < -0.39 is 12.1 Å². The zero-order valence-electron chi connectivity index (χ0n) is 16.3. The van der Waals surface area contributed by atoms with Crippen LogP contribution in [-0.4, -0.2) is 43.9 Å². The molecule has 0 amide bonds. The van der Waals surface area contributed by atoms with E-state index in [2.05, 4.69) is 57.3 Å². The lowest BCUT2D eigenvalue weighted by Gasteiger charge is -2.26. The van der Waals surface area contributed by atoms with E-state index >= 15 is 0 Å². The van der Waals surface area contributed by atoms with Gasteiger partial charge < -0.3 is 5.11 Å². The van der Waals surface area contributed by atoms with Gasteiger partial charge in [-0.25, -0.2) is 4.79 Å². The van der Waals surface area contributed by atoms with Crippen LogP contribution < -0.4 is 0 Å². The molecule has 6 nitrogen and oxygen atoms in total. The van der Waals surface area contributed by atoms with Gasteiger partial charge in [-0.1, -0.05) is 24.3 Å². The lowest BCUT2D eigenvalue weighted by Crippen LogP contribution is -2.30. The number of carbonyl (C=O) groups is 1. The molecule has 4 rings (SSSR count). The maximum atomic E-state index is 10.6. The Morgan fingerprint density at radius 1 is 1.23 bits per heavy atom. The molecule has 1 aliphatic rings. The summed E-state index contributed by atoms with van der Waals surface area (Å²) in [4.78, 5) is 15.6. The van der Waals surface area contributed by atoms with E-state index in [0.717, 1.165) is 26.1 Å². The largest absolute Gasteiger partial charge is 0.490 e. The molecule has 0 bridgehead atoms. The van der Waals surface area contributed by atoms with E-state index in [-0.39, 0.29) is 0 Å². The lowest BCUT2D eigenvalue weighted by atomic mass is 10.0. The molecule has 2 N–H and O–H groups in total. The number of hydrogen-bond acceptors (Lipinski definition) is 4. The summed E-state index contributed by atoms with van der Waals surface area (Å²) in [6, 6.07) is 12.8. The second-order valence-electron chi connectivity index (χ2n) is 6.98. The molecule has 0 atom stereocenters. The van der Waals surface area contributed by atoms with Gasteiger partial charge in [-0.2, -0.15) is 18.3 Å². The van der Waals surface area contributed by atoms with Crippen molar-refractivity contribution >= 4 is 5.97 Å². The Morgan fingerprint density at radius 2 is 1.97 bits per heavy atom. The Bertz CT molecular complexity index is 1000. The number of nitrogens with zero attached hydrogens (tertiary/aromatic N) is 3. The van der Waals surface area contributed by atoms with Crippen LogP contribution in [-0.2, 0) is 24.3 Å². The number of aliphatic carboxylic acids is 1. The van der Waals surface area contributed by atoms with Crippen molar-refractivity contribution in [2.45, 2.75) is 32.6 Å². The summed E-state index contributed by atoms with van der Waals surface area (Å²) in [5.41, 5.74) is 7.56. The van der Waals surface area contributed by atoms with Gasteiger partial charge in [0.15, 0.2) is 0 Å². The Hall–Kier alpha value is -3.20. The van der Waals surface area contributed by atoms with Crippen LogP contribution in [0.3, 0.4) is 0 Å². The fourth-order valence-electron chi connectivity index (χ4n) is 3.26. The van der Waals surface area contributed by atoms with Crippen molar-refractivity contribution in [1.29, 1.82) is 0 Å². The van der Waals surface area contributed by atoms with Gasteiger partial charge in [0.1, 0.15) is 0 Å². The van der Waals surface area contributed by atoms with Crippen LogP contribution in [0.4, 0.5) is 13.2 Å². The first-order chi connectivity index (χ1) is 14.2. The molecule has 0 saturated carbocycles. The Kier molecular flexibility index (Phi) is 6.51. The molecule has 158 valence electrons. The Morgan fingerprint density at radius 3 is 2.63 bits per heavy atom. The minimum atomic E-state index is -5.08. The predicted octanol–water partition coefficient (Wildman–Crippen LogP) is 3.97. The number of benzene rings is 1. The summed E-state index contributed by atoms with van der Waals surface area (Å²) in [5.74, 6) is -2.76. The molecule has 3 heterocycles. The third-order valence-corrected chi connectivity index (χ3v) is 4.78. The fourth-order valence-corrected chi connectivity index (χ4v) is 3.26. The zero-order chi connectivity index (χ0) is 21.7. The third-order valence-electron chi connectivity index (χ3n) is 4.78. The average Bonchev–Trinajstić information content (AvgIpc) is 3.09. The highest BCUT2D eigenvalue weighted by atomic mass is 19.4. The second-order valence-corrected chi connectivity index (χ2v) is 6.98. The van der Waals surface area contributed by atoms with Crippen LogP contribution in [0, 0.1) is 6.92 Å². The summed E-state index contributed by atoms with van der Waals surface area (Å²) in [6.07, 6.45) is -0.324. The van der Waals surface area contributed by atoms with E-state index in [9.17, 15) is 13.2 Å². The third kappa shape index (κ3) is 5.44. The first-order valence-electron chi connectivity index (χ1n) is 9.28. The molecular weight excluding hydrogens is 397 g/mol. The predicted molar refractivity (Wildman–Crippen MR) is 105 cm³/mol. The molecule has 0 fully saturated rings. The van der Waals surface area contributed by atoms with Gasteiger partial charge in [0, 0.05) is 49.7 Å². The number of pyridine rings is 1. The number of fused-ring (bicyclic) bond motifs is 1. The highest BCUT2D eigenvalue weighted by molar-refractivity contribution is 5.73. The van der Waals surface area contributed by atoms with Crippen LogP contribution >= 0.6 is 0 Å². The summed E-state index contributed by atoms with van der Waals surface area (Å²) >= 11 is 0. The maximum absolute atomic E-state index is 10.6. The zero-order valence-corrected chi connectivity index (χ0v) is 16.3. The summed E-state index contributed by atoms with van der Waals surface area (Å²) in [5, 5.41) is 14.6. The molecule has 2 aromatic heterocycles. The number of halogens is 3. The topological polar surface area (TPSA) is 82.1 Å². The van der Waals surface area contributed by atoms with E-state index in [1.807, 2.05) is 18.5 Å². The lowest BCUT2D eigenvalue weighted by molar-refractivity contribution is -0.192. The number of hydrogen-bond donors (Lipinski definition) is 2. The highest BCUT2D eigenvalue weighted by Gasteiger charge is 2.38. The number of carboxylic acids is 1. The van der Waals surface area contributed by atoms with E-state index in [0.29, 0.717) is 0 Å². The SMILES string of the molecule is Cc1[nH]nc2c1CN(Cc1cccc(-c3cccnc3)c1)CC2.O=C(O)C(F)(F)F. The van der Waals surface area contributed by atoms with Crippen molar-refractivity contribution in [3.63, 3.8) is 0 Å². The van der Waals surface area contributed by atoms with Crippen LogP contribution in [0.5, 0.6) is 0 Å². The van der Waals surface area contributed by atoms with Gasteiger partial charge in [-0.15, -0.1) is 0 Å². The van der Waals surface area contributed by atoms with Gasteiger partial charge >= 0.3 is 12.1 Å². The molecule has 0 aliphatic carbocycles. The Labute approximate surface area is 171 Å². The summed E-state index contributed by atoms with van der Waals surface area (Å²) in [6.45, 7) is 5.12. The monoisotopic (exact) mass is 418 g/mol. The number of alkyl halides is 3. The van der Waals surface area contributed by atoms with Gasteiger partial charge in [0.25, 0.3) is 0 Å². The number of aromatic amines is 1. The van der Waals surface area contributed by atoms with Gasteiger partial charge in [0.2, 0.25) is 0 Å². The van der Waals surface area contributed by atoms with E-state index in [1.54, 1.807) is 0 Å².